The van der Waals surface area contributed by atoms with Crippen molar-refractivity contribution in [2.45, 2.75) is 39.2 Å². The van der Waals surface area contributed by atoms with Crippen LogP contribution < -0.4 is 16.0 Å². The Kier molecular flexibility index (Phi) is 7.95. The average molecular weight is 530 g/mol. The van der Waals surface area contributed by atoms with Gasteiger partial charge in [0.2, 0.25) is 5.89 Å². The fourth-order valence-corrected chi connectivity index (χ4v) is 4.95. The molecule has 0 unspecified atom stereocenters. The molecule has 1 aliphatic rings. The van der Waals surface area contributed by atoms with Crippen molar-refractivity contribution in [2.75, 3.05) is 18.4 Å². The number of amides is 2. The second-order valence-corrected chi connectivity index (χ2v) is 9.87. The van der Waals surface area contributed by atoms with Gasteiger partial charge in [0.15, 0.2) is 5.82 Å². The zero-order valence-corrected chi connectivity index (χ0v) is 21.7. The van der Waals surface area contributed by atoms with Crippen LogP contribution in [-0.2, 0) is 6.54 Å². The molecule has 3 aromatic heterocycles. The van der Waals surface area contributed by atoms with Gasteiger partial charge in [0.1, 0.15) is 5.82 Å². The van der Waals surface area contributed by atoms with Crippen LogP contribution >= 0.6 is 0 Å². The molecule has 11 nitrogen and oxygen atoms in total. The molecule has 4 aromatic rings. The first kappa shape index (κ1) is 26.1. The summed E-state index contributed by atoms with van der Waals surface area (Å²) in [7, 11) is 0. The highest BCUT2D eigenvalue weighted by Gasteiger charge is 2.23. The van der Waals surface area contributed by atoms with Crippen LogP contribution in [-0.4, -0.2) is 50.3 Å². The number of anilines is 1. The van der Waals surface area contributed by atoms with Crippen molar-refractivity contribution in [3.63, 3.8) is 0 Å². The Bertz CT molecular complexity index is 1450. The third kappa shape index (κ3) is 6.67. The summed E-state index contributed by atoms with van der Waals surface area (Å²) < 4.78 is 4.98. The lowest BCUT2D eigenvalue weighted by molar-refractivity contribution is 0.0942. The number of hydrogen-bond acceptors (Lipinski definition) is 8. The number of fused-ring (bicyclic) bond motifs is 1. The number of aromatic nitrogens is 4. The Labute approximate surface area is 225 Å². The molecule has 202 valence electrons. The Morgan fingerprint density at radius 3 is 2.41 bits per heavy atom. The first-order valence-corrected chi connectivity index (χ1v) is 13.1. The third-order valence-corrected chi connectivity index (χ3v) is 7.08. The van der Waals surface area contributed by atoms with E-state index in [2.05, 4.69) is 31.1 Å². The maximum atomic E-state index is 13.3. The molecular formula is C28H31N7O4. The maximum absolute atomic E-state index is 13.3. The van der Waals surface area contributed by atoms with Crippen molar-refractivity contribution in [1.82, 2.24) is 30.7 Å². The Morgan fingerprint density at radius 1 is 1.00 bits per heavy atom. The van der Waals surface area contributed by atoms with Gasteiger partial charge in [-0.05, 0) is 61.8 Å². The van der Waals surface area contributed by atoms with Gasteiger partial charge in [-0.15, -0.1) is 0 Å². The summed E-state index contributed by atoms with van der Waals surface area (Å²) >= 11 is 0. The number of para-hydroxylation sites is 1. The van der Waals surface area contributed by atoms with Crippen molar-refractivity contribution >= 4 is 28.7 Å². The minimum Gasteiger partial charge on any atom is -0.465 e. The van der Waals surface area contributed by atoms with E-state index < -0.39 is 6.09 Å². The van der Waals surface area contributed by atoms with Crippen molar-refractivity contribution < 1.29 is 19.2 Å². The molecular weight excluding hydrogens is 498 g/mol. The highest BCUT2D eigenvalue weighted by molar-refractivity contribution is 6.07. The SMILES string of the molecule is Cc1nc(CNc2ccc(-c3cc(C(=O)NCC4CCC(CNC(=O)O)CC4)c4ccccc4n3)cn2)no1. The van der Waals surface area contributed by atoms with E-state index >= 15 is 0 Å². The van der Waals surface area contributed by atoms with Crippen LogP contribution in [0.5, 0.6) is 0 Å². The minimum absolute atomic E-state index is 0.133. The zero-order valence-electron chi connectivity index (χ0n) is 21.7. The number of hydrogen-bond donors (Lipinski definition) is 4. The monoisotopic (exact) mass is 529 g/mol. The maximum Gasteiger partial charge on any atom is 0.404 e. The quantitative estimate of drug-likeness (QED) is 0.247. The van der Waals surface area contributed by atoms with Crippen LogP contribution in [0.1, 0.15) is 47.8 Å². The fraction of sp³-hybridized carbons (Fsp3) is 0.357. The van der Waals surface area contributed by atoms with Crippen LogP contribution in [0, 0.1) is 18.8 Å². The van der Waals surface area contributed by atoms with E-state index in [1.165, 1.54) is 0 Å². The normalized spacial score (nSPS) is 17.1. The molecule has 1 saturated carbocycles. The molecule has 0 spiro atoms. The number of rotatable bonds is 9. The van der Waals surface area contributed by atoms with Gasteiger partial charge in [-0.1, -0.05) is 23.4 Å². The van der Waals surface area contributed by atoms with Gasteiger partial charge in [0.25, 0.3) is 5.91 Å². The predicted molar refractivity (Wildman–Crippen MR) is 145 cm³/mol. The third-order valence-electron chi connectivity index (χ3n) is 7.08. The molecule has 0 atom stereocenters. The number of nitrogens with one attached hydrogen (secondary N) is 3. The molecule has 4 N–H and O–H groups in total. The number of benzene rings is 1. The van der Waals surface area contributed by atoms with Crippen LogP contribution in [0.3, 0.4) is 0 Å². The van der Waals surface area contributed by atoms with Crippen molar-refractivity contribution in [3.8, 4) is 11.3 Å². The van der Waals surface area contributed by atoms with E-state index in [0.717, 1.165) is 42.1 Å². The van der Waals surface area contributed by atoms with E-state index in [4.69, 9.17) is 14.6 Å². The first-order chi connectivity index (χ1) is 18.9. The fourth-order valence-electron chi connectivity index (χ4n) is 4.95. The first-order valence-electron chi connectivity index (χ1n) is 13.1. The van der Waals surface area contributed by atoms with E-state index in [9.17, 15) is 9.59 Å². The van der Waals surface area contributed by atoms with E-state index in [1.807, 2.05) is 42.5 Å². The standard InChI is InChI=1S/C28H31N7O4/c1-17-33-26(35-39-17)16-30-25-11-10-20(15-29-25)24-12-22(21-4-2-3-5-23(21)34-24)27(36)31-13-18-6-8-19(9-7-18)14-32-28(37)38/h2-5,10-12,15,18-19,32H,6-9,13-14,16H2,1H3,(H,29,30)(H,31,36)(H,37,38). The summed E-state index contributed by atoms with van der Waals surface area (Å²) in [5, 5.41) is 22.2. The van der Waals surface area contributed by atoms with Crippen LogP contribution in [0.4, 0.5) is 10.6 Å². The molecule has 0 saturated heterocycles. The lowest BCUT2D eigenvalue weighted by Gasteiger charge is -2.28. The van der Waals surface area contributed by atoms with E-state index in [1.54, 1.807) is 13.1 Å². The second-order valence-electron chi connectivity index (χ2n) is 9.87. The average Bonchev–Trinajstić information content (AvgIpc) is 3.38. The van der Waals surface area contributed by atoms with Crippen molar-refractivity contribution in [3.05, 3.63) is 65.9 Å². The second kappa shape index (κ2) is 11.9. The predicted octanol–water partition coefficient (Wildman–Crippen LogP) is 4.40. The largest absolute Gasteiger partial charge is 0.465 e. The van der Waals surface area contributed by atoms with Crippen LogP contribution in [0.25, 0.3) is 22.2 Å². The van der Waals surface area contributed by atoms with Crippen molar-refractivity contribution in [2.24, 2.45) is 11.8 Å². The minimum atomic E-state index is -0.979. The lowest BCUT2D eigenvalue weighted by Crippen LogP contribution is -2.34. The Hall–Kier alpha value is -4.54. The Morgan fingerprint density at radius 2 is 1.74 bits per heavy atom. The number of nitrogens with zero attached hydrogens (tertiary/aromatic N) is 4. The molecule has 0 bridgehead atoms. The van der Waals surface area contributed by atoms with Crippen LogP contribution in [0.2, 0.25) is 0 Å². The van der Waals surface area contributed by atoms with Gasteiger partial charge < -0.3 is 25.6 Å². The highest BCUT2D eigenvalue weighted by atomic mass is 16.5. The molecule has 1 aromatic carbocycles. The molecule has 3 heterocycles. The van der Waals surface area contributed by atoms with Gasteiger partial charge in [-0.25, -0.2) is 14.8 Å². The number of carbonyl (C=O) groups excluding carboxylic acids is 1. The molecule has 1 fully saturated rings. The molecule has 11 heteroatoms. The number of carbonyl (C=O) groups is 2. The van der Waals surface area contributed by atoms with E-state index in [0.29, 0.717) is 60.3 Å². The molecule has 0 radical (unpaired) electrons. The smallest absolute Gasteiger partial charge is 0.404 e. The molecule has 2 amide bonds. The van der Waals surface area contributed by atoms with Crippen molar-refractivity contribution in [1.29, 1.82) is 0 Å². The summed E-state index contributed by atoms with van der Waals surface area (Å²) in [6.45, 7) is 3.21. The van der Waals surface area contributed by atoms with Crippen LogP contribution in [0.15, 0.2) is 53.2 Å². The number of aryl methyl sites for hydroxylation is 1. The van der Waals surface area contributed by atoms with Gasteiger partial charge in [0.05, 0.1) is 23.3 Å². The van der Waals surface area contributed by atoms with Gasteiger partial charge in [0, 0.05) is 37.2 Å². The summed E-state index contributed by atoms with van der Waals surface area (Å²) in [5.74, 6) is 2.32. The molecule has 39 heavy (non-hydrogen) atoms. The highest BCUT2D eigenvalue weighted by Crippen LogP contribution is 2.29. The van der Waals surface area contributed by atoms with E-state index in [-0.39, 0.29) is 5.91 Å². The number of pyridine rings is 2. The molecule has 0 aliphatic heterocycles. The topological polar surface area (TPSA) is 155 Å². The van der Waals surface area contributed by atoms with Gasteiger partial charge in [-0.3, -0.25) is 4.79 Å². The summed E-state index contributed by atoms with van der Waals surface area (Å²) in [6, 6.07) is 13.2. The lowest BCUT2D eigenvalue weighted by atomic mass is 9.82. The number of carboxylic acid groups (broad SMARTS) is 1. The Balaban J connectivity index is 1.25. The summed E-state index contributed by atoms with van der Waals surface area (Å²) in [6.07, 6.45) is 4.58. The zero-order chi connectivity index (χ0) is 27.2. The van der Waals surface area contributed by atoms with Gasteiger partial charge >= 0.3 is 6.09 Å². The summed E-state index contributed by atoms with van der Waals surface area (Å²) in [5.41, 5.74) is 2.77. The molecule has 1 aliphatic carbocycles. The summed E-state index contributed by atoms with van der Waals surface area (Å²) in [4.78, 5) is 37.5. The molecule has 5 rings (SSSR count). The van der Waals surface area contributed by atoms with Gasteiger partial charge in [-0.2, -0.15) is 4.98 Å².